The summed E-state index contributed by atoms with van der Waals surface area (Å²) in [5.41, 5.74) is 1.33. The zero-order valence-corrected chi connectivity index (χ0v) is 14.2. The van der Waals surface area contributed by atoms with Crippen LogP contribution >= 0.6 is 34.4 Å². The van der Waals surface area contributed by atoms with Crippen LogP contribution in [-0.2, 0) is 4.79 Å². The Hall–Kier alpha value is -1.80. The molecule has 0 spiro atoms. The van der Waals surface area contributed by atoms with Gasteiger partial charge in [-0.15, -0.1) is 0 Å². The van der Waals surface area contributed by atoms with Gasteiger partial charge in [-0.2, -0.15) is 0 Å². The summed E-state index contributed by atoms with van der Waals surface area (Å²) in [5, 5.41) is 9.22. The summed E-state index contributed by atoms with van der Waals surface area (Å²) in [6.07, 6.45) is 1.66. The van der Waals surface area contributed by atoms with Crippen LogP contribution in [0.2, 0.25) is 0 Å². The van der Waals surface area contributed by atoms with Crippen LogP contribution in [0.5, 0.6) is 5.75 Å². The normalized spacial score (nSPS) is 16.6. The van der Waals surface area contributed by atoms with Gasteiger partial charge in [0, 0.05) is 0 Å². The molecule has 0 unspecified atom stereocenters. The largest absolute Gasteiger partial charge is 0.507 e. The van der Waals surface area contributed by atoms with Gasteiger partial charge >= 0.3 is 0 Å². The molecule has 1 aliphatic heterocycles. The van der Waals surface area contributed by atoms with Crippen molar-refractivity contribution in [1.82, 2.24) is 0 Å². The van der Waals surface area contributed by atoms with E-state index in [4.69, 9.17) is 0 Å². The summed E-state index contributed by atoms with van der Waals surface area (Å²) in [6.45, 7) is 0. The van der Waals surface area contributed by atoms with Gasteiger partial charge in [0.25, 0.3) is 11.1 Å². The molecule has 1 saturated heterocycles. The van der Waals surface area contributed by atoms with Crippen molar-refractivity contribution < 1.29 is 14.7 Å². The number of amides is 2. The number of phenols is 1. The third-order valence-corrected chi connectivity index (χ3v) is 4.81. The molecule has 2 amide bonds. The van der Waals surface area contributed by atoms with E-state index in [2.05, 4.69) is 0 Å². The van der Waals surface area contributed by atoms with E-state index in [1.165, 1.54) is 4.90 Å². The molecule has 3 rings (SSSR count). The van der Waals surface area contributed by atoms with Crippen LogP contribution in [0.25, 0.3) is 6.08 Å². The van der Waals surface area contributed by atoms with Gasteiger partial charge in [-0.1, -0.05) is 24.3 Å². The van der Waals surface area contributed by atoms with Crippen molar-refractivity contribution in [3.05, 3.63) is 62.6 Å². The zero-order chi connectivity index (χ0) is 15.7. The number of aromatic hydroxyl groups is 1. The van der Waals surface area contributed by atoms with Gasteiger partial charge in [-0.3, -0.25) is 9.59 Å². The Morgan fingerprint density at radius 1 is 1.09 bits per heavy atom. The fourth-order valence-corrected chi connectivity index (χ4v) is 3.41. The second kappa shape index (κ2) is 6.13. The minimum absolute atomic E-state index is 0.190. The lowest BCUT2D eigenvalue weighted by molar-refractivity contribution is -0.113. The number of imide groups is 1. The molecule has 110 valence electrons. The summed E-state index contributed by atoms with van der Waals surface area (Å²) in [6, 6.07) is 13.9. The minimum atomic E-state index is -0.329. The van der Waals surface area contributed by atoms with Gasteiger partial charge in [0.15, 0.2) is 0 Å². The van der Waals surface area contributed by atoms with Crippen LogP contribution < -0.4 is 4.90 Å². The molecule has 0 bridgehead atoms. The fraction of sp³-hybridized carbons (Fsp3) is 0. The molecule has 0 saturated carbocycles. The van der Waals surface area contributed by atoms with E-state index in [-0.39, 0.29) is 16.9 Å². The summed E-state index contributed by atoms with van der Waals surface area (Å²) in [7, 11) is 0. The molecule has 0 aromatic heterocycles. The first-order valence-corrected chi connectivity index (χ1v) is 8.27. The molecule has 22 heavy (non-hydrogen) atoms. The number of para-hydroxylation sites is 1. The van der Waals surface area contributed by atoms with Crippen LogP contribution in [0.4, 0.5) is 10.5 Å². The van der Waals surface area contributed by atoms with Crippen molar-refractivity contribution in [2.24, 2.45) is 0 Å². The average Bonchev–Trinajstić information content (AvgIpc) is 2.78. The molecular weight excluding hydrogens is 413 g/mol. The molecule has 1 N–H and O–H groups in total. The highest BCUT2D eigenvalue weighted by Gasteiger charge is 2.36. The molecule has 1 aliphatic rings. The number of benzene rings is 2. The number of anilines is 1. The molecule has 4 nitrogen and oxygen atoms in total. The Kier molecular flexibility index (Phi) is 4.21. The van der Waals surface area contributed by atoms with Crippen LogP contribution in [-0.4, -0.2) is 16.3 Å². The van der Waals surface area contributed by atoms with Gasteiger partial charge < -0.3 is 5.11 Å². The van der Waals surface area contributed by atoms with Gasteiger partial charge in [-0.05, 0) is 70.3 Å². The second-order valence-corrected chi connectivity index (χ2v) is 6.72. The lowest BCUT2D eigenvalue weighted by Crippen LogP contribution is -2.27. The van der Waals surface area contributed by atoms with E-state index < -0.39 is 0 Å². The van der Waals surface area contributed by atoms with Crippen LogP contribution in [0.1, 0.15) is 5.56 Å². The maximum atomic E-state index is 12.4. The third-order valence-electron chi connectivity index (χ3n) is 3.08. The minimum Gasteiger partial charge on any atom is -0.507 e. The van der Waals surface area contributed by atoms with Crippen LogP contribution in [0.15, 0.2) is 53.4 Å². The SMILES string of the molecule is O=C1S/C(=C\c2ccc(O)c(I)c2)C(=O)N1c1ccccc1. The van der Waals surface area contributed by atoms with Gasteiger partial charge in [0.2, 0.25) is 0 Å². The van der Waals surface area contributed by atoms with Crippen LogP contribution in [0.3, 0.4) is 0 Å². The molecule has 1 fully saturated rings. The van der Waals surface area contributed by atoms with Gasteiger partial charge in [-0.25, -0.2) is 4.90 Å². The van der Waals surface area contributed by atoms with E-state index in [9.17, 15) is 14.7 Å². The number of hydrogen-bond acceptors (Lipinski definition) is 4. The maximum absolute atomic E-state index is 12.4. The van der Waals surface area contributed by atoms with E-state index in [1.54, 1.807) is 48.5 Å². The molecule has 6 heteroatoms. The van der Waals surface area contributed by atoms with E-state index >= 15 is 0 Å². The first-order valence-electron chi connectivity index (χ1n) is 6.38. The summed E-state index contributed by atoms with van der Waals surface area (Å²) < 4.78 is 0.689. The smallest absolute Gasteiger partial charge is 0.298 e. The zero-order valence-electron chi connectivity index (χ0n) is 11.2. The Morgan fingerprint density at radius 3 is 2.50 bits per heavy atom. The molecule has 0 radical (unpaired) electrons. The molecular formula is C16H10INO3S. The lowest BCUT2D eigenvalue weighted by Gasteiger charge is -2.11. The van der Waals surface area contributed by atoms with Crippen molar-refractivity contribution in [2.45, 2.75) is 0 Å². The Labute approximate surface area is 145 Å². The standard InChI is InChI=1S/C16H10INO3S/c17-12-8-10(6-7-13(12)19)9-14-15(20)18(16(21)22-14)11-4-2-1-3-5-11/h1-9,19H/b14-9-. The number of halogens is 1. The van der Waals surface area contributed by atoms with Crippen molar-refractivity contribution in [2.75, 3.05) is 4.90 Å². The van der Waals surface area contributed by atoms with Crippen molar-refractivity contribution in [3.63, 3.8) is 0 Å². The number of phenolic OH excluding ortho intramolecular Hbond substituents is 1. The number of thioether (sulfide) groups is 1. The highest BCUT2D eigenvalue weighted by atomic mass is 127. The molecule has 1 heterocycles. The molecule has 0 atom stereocenters. The highest BCUT2D eigenvalue weighted by molar-refractivity contribution is 14.1. The molecule has 2 aromatic carbocycles. The summed E-state index contributed by atoms with van der Waals surface area (Å²) in [5.74, 6) is -0.139. The monoisotopic (exact) mass is 423 g/mol. The van der Waals surface area contributed by atoms with Crippen molar-refractivity contribution in [3.8, 4) is 5.75 Å². The molecule has 2 aromatic rings. The summed E-state index contributed by atoms with van der Waals surface area (Å²) in [4.78, 5) is 26.1. The first kappa shape index (κ1) is 15.1. The van der Waals surface area contributed by atoms with Crippen molar-refractivity contribution >= 4 is 57.3 Å². The number of rotatable bonds is 2. The first-order chi connectivity index (χ1) is 10.6. The maximum Gasteiger partial charge on any atom is 0.298 e. The highest BCUT2D eigenvalue weighted by Crippen LogP contribution is 2.35. The fourth-order valence-electron chi connectivity index (χ4n) is 2.03. The molecule has 0 aliphatic carbocycles. The second-order valence-electron chi connectivity index (χ2n) is 4.56. The Balaban J connectivity index is 1.93. The number of carbonyl (C=O) groups is 2. The van der Waals surface area contributed by atoms with Crippen molar-refractivity contribution in [1.29, 1.82) is 0 Å². The van der Waals surface area contributed by atoms with E-state index in [0.717, 1.165) is 17.3 Å². The Bertz CT molecular complexity index is 789. The average molecular weight is 423 g/mol. The third kappa shape index (κ3) is 2.89. The van der Waals surface area contributed by atoms with Crippen LogP contribution in [0, 0.1) is 3.57 Å². The quantitative estimate of drug-likeness (QED) is 0.580. The lowest BCUT2D eigenvalue weighted by atomic mass is 10.2. The van der Waals surface area contributed by atoms with Gasteiger partial charge in [0.05, 0.1) is 14.2 Å². The van der Waals surface area contributed by atoms with E-state index in [1.807, 2.05) is 28.7 Å². The topological polar surface area (TPSA) is 57.6 Å². The predicted molar refractivity (Wildman–Crippen MR) is 95.7 cm³/mol. The number of carbonyl (C=O) groups excluding carboxylic acids is 2. The number of hydrogen-bond donors (Lipinski definition) is 1. The van der Waals surface area contributed by atoms with Gasteiger partial charge in [0.1, 0.15) is 5.75 Å². The van der Waals surface area contributed by atoms with E-state index in [0.29, 0.717) is 14.2 Å². The number of nitrogens with zero attached hydrogens (tertiary/aromatic N) is 1. The Morgan fingerprint density at radius 2 is 1.82 bits per heavy atom. The summed E-state index contributed by atoms with van der Waals surface area (Å²) >= 11 is 2.93. The predicted octanol–water partition coefficient (Wildman–Crippen LogP) is 4.24.